The molecule has 2 aromatic rings. The Hall–Kier alpha value is -1.33. The van der Waals surface area contributed by atoms with Gasteiger partial charge in [-0.05, 0) is 39.3 Å². The molecule has 2 rings (SSSR count). The summed E-state index contributed by atoms with van der Waals surface area (Å²) in [6.07, 6.45) is 0. The molecular weight excluding hydrogens is 312 g/mol. The fourth-order valence-corrected chi connectivity index (χ4v) is 3.86. The first-order chi connectivity index (χ1) is 10.5. The Morgan fingerprint density at radius 1 is 1.23 bits per heavy atom. The summed E-state index contributed by atoms with van der Waals surface area (Å²) in [6, 6.07) is 8.04. The topological polar surface area (TPSA) is 25.2 Å². The van der Waals surface area contributed by atoms with Gasteiger partial charge in [-0.3, -0.25) is 9.36 Å². The van der Waals surface area contributed by atoms with Crippen molar-refractivity contribution in [3.63, 3.8) is 0 Å². The molecule has 0 aliphatic carbocycles. The summed E-state index contributed by atoms with van der Waals surface area (Å²) in [5, 5.41) is 1.14. The molecule has 0 bridgehead atoms. The lowest BCUT2D eigenvalue weighted by atomic mass is 10.2. The molecule has 1 heterocycles. The average Bonchev–Trinajstić information content (AvgIpc) is 2.78. The van der Waals surface area contributed by atoms with Gasteiger partial charge in [0.1, 0.15) is 4.32 Å². The predicted octanol–water partition coefficient (Wildman–Crippen LogP) is 4.26. The maximum atomic E-state index is 12.7. The first kappa shape index (κ1) is 17.0. The summed E-state index contributed by atoms with van der Waals surface area (Å²) in [7, 11) is 0. The second kappa shape index (κ2) is 7.29. The molecule has 22 heavy (non-hydrogen) atoms. The minimum absolute atomic E-state index is 0.0845. The lowest BCUT2D eigenvalue weighted by Gasteiger charge is -2.20. The van der Waals surface area contributed by atoms with Crippen LogP contribution >= 0.6 is 24.0 Å². The van der Waals surface area contributed by atoms with Crippen LogP contribution < -0.4 is 0 Å². The van der Waals surface area contributed by atoms with Crippen molar-refractivity contribution in [2.45, 2.75) is 27.7 Å². The summed E-state index contributed by atoms with van der Waals surface area (Å²) in [6.45, 7) is 9.97. The Bertz CT molecular complexity index is 702. The van der Waals surface area contributed by atoms with Crippen LogP contribution in [-0.2, 0) is 0 Å². The Morgan fingerprint density at radius 2 is 1.86 bits per heavy atom. The van der Waals surface area contributed by atoms with Crippen molar-refractivity contribution in [2.24, 2.45) is 0 Å². The molecule has 0 spiro atoms. The van der Waals surface area contributed by atoms with Crippen LogP contribution in [0.4, 0.5) is 0 Å². The minimum Gasteiger partial charge on any atom is -0.358 e. The highest BCUT2D eigenvalue weighted by atomic mass is 32.2. The van der Waals surface area contributed by atoms with E-state index in [0.717, 1.165) is 34.0 Å². The van der Waals surface area contributed by atoms with Gasteiger partial charge in [-0.2, -0.15) is 0 Å². The highest BCUT2D eigenvalue weighted by Crippen LogP contribution is 2.25. The molecule has 1 aromatic carbocycles. The number of thioether (sulfide) groups is 1. The summed E-state index contributed by atoms with van der Waals surface area (Å²) in [5.74, 6) is 0.454. The standard InChI is InChI=1S/C17H22N2OS2/c1-5-18(6-2)17(21)22-11-16(20)19-13(4)12(3)14-9-7-8-10-15(14)19/h7-10H,5-6,11H2,1-4H3. The van der Waals surface area contributed by atoms with E-state index in [1.165, 1.54) is 17.3 Å². The van der Waals surface area contributed by atoms with Crippen LogP contribution in [0.25, 0.3) is 10.9 Å². The maximum absolute atomic E-state index is 12.7. The zero-order chi connectivity index (χ0) is 16.3. The molecule has 0 fully saturated rings. The fourth-order valence-electron chi connectivity index (χ4n) is 2.61. The van der Waals surface area contributed by atoms with Gasteiger partial charge in [0.15, 0.2) is 0 Å². The molecule has 0 saturated heterocycles. The lowest BCUT2D eigenvalue weighted by molar-refractivity contribution is 0.0945. The van der Waals surface area contributed by atoms with Gasteiger partial charge in [0.25, 0.3) is 0 Å². The van der Waals surface area contributed by atoms with Gasteiger partial charge in [-0.1, -0.05) is 42.2 Å². The second-order valence-corrected chi connectivity index (χ2v) is 6.79. The number of hydrogen-bond acceptors (Lipinski definition) is 3. The Labute approximate surface area is 141 Å². The van der Waals surface area contributed by atoms with E-state index >= 15 is 0 Å². The van der Waals surface area contributed by atoms with E-state index in [1.807, 2.05) is 29.7 Å². The number of thiocarbonyl (C=S) groups is 1. The van der Waals surface area contributed by atoms with E-state index in [4.69, 9.17) is 12.2 Å². The first-order valence-corrected chi connectivity index (χ1v) is 8.92. The van der Waals surface area contributed by atoms with E-state index in [1.54, 1.807) is 0 Å². The number of carbonyl (C=O) groups is 1. The van der Waals surface area contributed by atoms with Gasteiger partial charge in [0.2, 0.25) is 5.91 Å². The number of carbonyl (C=O) groups excluding carboxylic acids is 1. The van der Waals surface area contributed by atoms with Crippen molar-refractivity contribution in [3.05, 3.63) is 35.5 Å². The number of aromatic nitrogens is 1. The summed E-state index contributed by atoms with van der Waals surface area (Å²) in [4.78, 5) is 14.8. The smallest absolute Gasteiger partial charge is 0.241 e. The van der Waals surface area contributed by atoms with E-state index < -0.39 is 0 Å². The number of hydrogen-bond donors (Lipinski definition) is 0. The lowest BCUT2D eigenvalue weighted by Crippen LogP contribution is -2.28. The van der Waals surface area contributed by atoms with Gasteiger partial charge in [-0.25, -0.2) is 0 Å². The minimum atomic E-state index is 0.0845. The molecule has 3 nitrogen and oxygen atoms in total. The zero-order valence-corrected chi connectivity index (χ0v) is 15.2. The van der Waals surface area contributed by atoms with Gasteiger partial charge in [-0.15, -0.1) is 0 Å². The van der Waals surface area contributed by atoms with Crippen LogP contribution in [0, 0.1) is 13.8 Å². The second-order valence-electron chi connectivity index (χ2n) is 5.18. The van der Waals surface area contributed by atoms with Crippen LogP contribution in [0.2, 0.25) is 0 Å². The molecule has 1 aromatic heterocycles. The monoisotopic (exact) mass is 334 g/mol. The predicted molar refractivity (Wildman–Crippen MR) is 100 cm³/mol. The number of aryl methyl sites for hydroxylation is 1. The summed E-state index contributed by atoms with van der Waals surface area (Å²) in [5.41, 5.74) is 3.16. The van der Waals surface area contributed by atoms with Crippen LogP contribution in [0.3, 0.4) is 0 Å². The van der Waals surface area contributed by atoms with Crippen LogP contribution in [-0.4, -0.2) is 38.5 Å². The maximum Gasteiger partial charge on any atom is 0.241 e. The molecule has 0 N–H and O–H groups in total. The van der Waals surface area contributed by atoms with Gasteiger partial charge in [0.05, 0.1) is 11.3 Å². The SMILES string of the molecule is CCN(CC)C(=S)SCC(=O)n1c(C)c(C)c2ccccc21. The number of benzene rings is 1. The van der Waals surface area contributed by atoms with Gasteiger partial charge in [0, 0.05) is 24.2 Å². The van der Waals surface area contributed by atoms with Gasteiger partial charge < -0.3 is 4.90 Å². The molecule has 0 atom stereocenters. The molecule has 0 amide bonds. The zero-order valence-electron chi connectivity index (χ0n) is 13.5. The van der Waals surface area contributed by atoms with Gasteiger partial charge >= 0.3 is 0 Å². The molecule has 0 radical (unpaired) electrons. The molecule has 0 unspecified atom stereocenters. The molecule has 0 aliphatic heterocycles. The van der Waals surface area contributed by atoms with Crippen LogP contribution in [0.1, 0.15) is 29.9 Å². The van der Waals surface area contributed by atoms with Crippen LogP contribution in [0.15, 0.2) is 24.3 Å². The van der Waals surface area contributed by atoms with E-state index in [-0.39, 0.29) is 5.91 Å². The third-order valence-corrected chi connectivity index (χ3v) is 5.53. The van der Waals surface area contributed by atoms with Crippen molar-refractivity contribution in [1.82, 2.24) is 9.47 Å². The number of para-hydroxylation sites is 1. The van der Waals surface area contributed by atoms with Crippen molar-refractivity contribution in [1.29, 1.82) is 0 Å². The fraction of sp³-hybridized carbons (Fsp3) is 0.412. The molecule has 0 saturated carbocycles. The highest BCUT2D eigenvalue weighted by Gasteiger charge is 2.17. The Balaban J connectivity index is 2.21. The quantitative estimate of drug-likeness (QED) is 0.780. The number of fused-ring (bicyclic) bond motifs is 1. The first-order valence-electron chi connectivity index (χ1n) is 7.52. The third-order valence-electron chi connectivity index (χ3n) is 4.02. The summed E-state index contributed by atoms with van der Waals surface area (Å²) < 4.78 is 2.62. The van der Waals surface area contributed by atoms with E-state index in [0.29, 0.717) is 5.75 Å². The average molecular weight is 335 g/mol. The molecule has 0 aliphatic rings. The largest absolute Gasteiger partial charge is 0.358 e. The van der Waals surface area contributed by atoms with Crippen molar-refractivity contribution >= 4 is 45.1 Å². The Morgan fingerprint density at radius 3 is 2.50 bits per heavy atom. The highest BCUT2D eigenvalue weighted by molar-refractivity contribution is 8.23. The molecule has 5 heteroatoms. The Kier molecular flexibility index (Phi) is 5.64. The number of nitrogens with zero attached hydrogens (tertiary/aromatic N) is 2. The van der Waals surface area contributed by atoms with Crippen LogP contribution in [0.5, 0.6) is 0 Å². The van der Waals surface area contributed by atoms with Crippen molar-refractivity contribution in [2.75, 3.05) is 18.8 Å². The van der Waals surface area contributed by atoms with E-state index in [9.17, 15) is 4.79 Å². The molecule has 118 valence electrons. The summed E-state index contributed by atoms with van der Waals surface area (Å²) >= 11 is 6.85. The normalized spacial score (nSPS) is 10.9. The third kappa shape index (κ3) is 3.20. The van der Waals surface area contributed by atoms with E-state index in [2.05, 4.69) is 31.7 Å². The molecular formula is C17H22N2OS2. The number of rotatable bonds is 4. The van der Waals surface area contributed by atoms with Crippen molar-refractivity contribution < 1.29 is 4.79 Å². The van der Waals surface area contributed by atoms with Crippen molar-refractivity contribution in [3.8, 4) is 0 Å².